The third-order valence-electron chi connectivity index (χ3n) is 4.35. The number of ether oxygens (including phenoxy) is 2. The van der Waals surface area contributed by atoms with Crippen LogP contribution in [0, 0.1) is 0 Å². The van der Waals surface area contributed by atoms with Gasteiger partial charge in [0.05, 0.1) is 6.61 Å². The summed E-state index contributed by atoms with van der Waals surface area (Å²) in [7, 11) is 1.55. The molecule has 132 valence electrons. The highest BCUT2D eigenvalue weighted by molar-refractivity contribution is 5.98. The van der Waals surface area contributed by atoms with Gasteiger partial charge in [0.2, 0.25) is 5.91 Å². The molecule has 1 atom stereocenters. The largest absolute Gasteiger partial charge is 0.489 e. The first-order valence-corrected chi connectivity index (χ1v) is 8.54. The van der Waals surface area contributed by atoms with E-state index in [0.29, 0.717) is 13.2 Å². The Bertz CT molecular complexity index is 718. The van der Waals surface area contributed by atoms with Crippen LogP contribution in [0.3, 0.4) is 0 Å². The third kappa shape index (κ3) is 4.18. The maximum atomic E-state index is 12.5. The van der Waals surface area contributed by atoms with Gasteiger partial charge >= 0.3 is 0 Å². The lowest BCUT2D eigenvalue weighted by molar-refractivity contribution is -0.121. The Kier molecular flexibility index (Phi) is 5.68. The molecule has 1 unspecified atom stereocenters. The molecule has 0 radical (unpaired) electrons. The topological polar surface area (TPSA) is 64.8 Å². The summed E-state index contributed by atoms with van der Waals surface area (Å²) in [6, 6.07) is 15.3. The maximum absolute atomic E-state index is 12.5. The highest BCUT2D eigenvalue weighted by Crippen LogP contribution is 2.31. The fraction of sp³-hybridized carbons (Fsp3) is 0.350. The summed E-state index contributed by atoms with van der Waals surface area (Å²) in [5.41, 5.74) is 9.09. The first-order valence-electron chi connectivity index (χ1n) is 8.54. The van der Waals surface area contributed by atoms with E-state index in [0.717, 1.165) is 35.4 Å². The SMILES string of the molecule is COCC(N)C(=O)N1CCCc2cc(OCc3ccccc3)ccc21. The van der Waals surface area contributed by atoms with Crippen molar-refractivity contribution in [1.82, 2.24) is 0 Å². The normalized spacial score (nSPS) is 14.7. The van der Waals surface area contributed by atoms with Crippen LogP contribution in [0.25, 0.3) is 0 Å². The molecule has 1 amide bonds. The molecule has 1 aliphatic heterocycles. The molecule has 0 bridgehead atoms. The molecule has 3 rings (SSSR count). The first-order chi connectivity index (χ1) is 12.2. The number of carbonyl (C=O) groups is 1. The number of carbonyl (C=O) groups excluding carboxylic acids is 1. The monoisotopic (exact) mass is 340 g/mol. The number of amides is 1. The van der Waals surface area contributed by atoms with Crippen molar-refractivity contribution in [3.63, 3.8) is 0 Å². The van der Waals surface area contributed by atoms with E-state index in [4.69, 9.17) is 15.2 Å². The van der Waals surface area contributed by atoms with Crippen LogP contribution in [-0.2, 0) is 22.6 Å². The molecule has 1 heterocycles. The van der Waals surface area contributed by atoms with E-state index in [1.54, 1.807) is 12.0 Å². The molecule has 2 aromatic carbocycles. The van der Waals surface area contributed by atoms with E-state index in [2.05, 4.69) is 0 Å². The maximum Gasteiger partial charge on any atom is 0.246 e. The smallest absolute Gasteiger partial charge is 0.246 e. The van der Waals surface area contributed by atoms with Gasteiger partial charge in [-0.2, -0.15) is 0 Å². The Labute approximate surface area is 148 Å². The molecule has 1 aliphatic rings. The predicted molar refractivity (Wildman–Crippen MR) is 97.7 cm³/mol. The van der Waals surface area contributed by atoms with Gasteiger partial charge in [-0.15, -0.1) is 0 Å². The number of aryl methyl sites for hydroxylation is 1. The lowest BCUT2D eigenvalue weighted by Gasteiger charge is -2.31. The van der Waals surface area contributed by atoms with Crippen LogP contribution in [0.4, 0.5) is 5.69 Å². The summed E-state index contributed by atoms with van der Waals surface area (Å²) in [6.45, 7) is 1.44. The summed E-state index contributed by atoms with van der Waals surface area (Å²) in [6.07, 6.45) is 1.85. The van der Waals surface area contributed by atoms with Crippen LogP contribution in [0.15, 0.2) is 48.5 Å². The number of fused-ring (bicyclic) bond motifs is 1. The second kappa shape index (κ2) is 8.14. The predicted octanol–water partition coefficient (Wildman–Crippen LogP) is 2.52. The molecule has 0 spiro atoms. The van der Waals surface area contributed by atoms with Gasteiger partial charge in [0.1, 0.15) is 18.4 Å². The molecule has 0 saturated heterocycles. The molecule has 0 aliphatic carbocycles. The van der Waals surface area contributed by atoms with Crippen molar-refractivity contribution < 1.29 is 14.3 Å². The van der Waals surface area contributed by atoms with E-state index in [-0.39, 0.29) is 12.5 Å². The Morgan fingerprint density at radius 3 is 2.80 bits per heavy atom. The van der Waals surface area contributed by atoms with Gasteiger partial charge in [-0.25, -0.2) is 0 Å². The van der Waals surface area contributed by atoms with Gasteiger partial charge in [0.15, 0.2) is 0 Å². The van der Waals surface area contributed by atoms with Gasteiger partial charge in [0, 0.05) is 19.3 Å². The van der Waals surface area contributed by atoms with Crippen molar-refractivity contribution in [2.24, 2.45) is 5.73 Å². The van der Waals surface area contributed by atoms with E-state index in [9.17, 15) is 4.79 Å². The minimum Gasteiger partial charge on any atom is -0.489 e. The quantitative estimate of drug-likeness (QED) is 0.877. The number of nitrogens with zero attached hydrogens (tertiary/aromatic N) is 1. The van der Waals surface area contributed by atoms with E-state index < -0.39 is 6.04 Å². The van der Waals surface area contributed by atoms with Crippen molar-refractivity contribution in [2.45, 2.75) is 25.5 Å². The molecule has 0 aromatic heterocycles. The third-order valence-corrected chi connectivity index (χ3v) is 4.35. The van der Waals surface area contributed by atoms with Crippen molar-refractivity contribution in [3.05, 3.63) is 59.7 Å². The fourth-order valence-corrected chi connectivity index (χ4v) is 3.08. The minimum absolute atomic E-state index is 0.0965. The summed E-state index contributed by atoms with van der Waals surface area (Å²) in [5.74, 6) is 0.721. The molecule has 5 heteroatoms. The van der Waals surface area contributed by atoms with Crippen LogP contribution in [0.5, 0.6) is 5.75 Å². The number of benzene rings is 2. The lowest BCUT2D eigenvalue weighted by Crippen LogP contribution is -2.48. The van der Waals surface area contributed by atoms with Gasteiger partial charge in [0.25, 0.3) is 0 Å². The number of rotatable bonds is 6. The molecule has 5 nitrogen and oxygen atoms in total. The average molecular weight is 340 g/mol. The van der Waals surface area contributed by atoms with E-state index >= 15 is 0 Å². The number of methoxy groups -OCH3 is 1. The highest BCUT2D eigenvalue weighted by Gasteiger charge is 2.26. The highest BCUT2D eigenvalue weighted by atomic mass is 16.5. The molecule has 2 N–H and O–H groups in total. The Hall–Kier alpha value is -2.37. The zero-order valence-corrected chi connectivity index (χ0v) is 14.5. The van der Waals surface area contributed by atoms with Gasteiger partial charge in [-0.3, -0.25) is 4.79 Å². The van der Waals surface area contributed by atoms with Crippen molar-refractivity contribution >= 4 is 11.6 Å². The number of hydrogen-bond donors (Lipinski definition) is 1. The average Bonchev–Trinajstić information content (AvgIpc) is 2.66. The Balaban J connectivity index is 1.72. The molecule has 2 aromatic rings. The summed E-state index contributed by atoms with van der Waals surface area (Å²) in [4.78, 5) is 14.3. The Morgan fingerprint density at radius 2 is 2.04 bits per heavy atom. The first kappa shape index (κ1) is 17.5. The minimum atomic E-state index is -0.634. The number of anilines is 1. The van der Waals surface area contributed by atoms with Crippen LogP contribution in [0.1, 0.15) is 17.5 Å². The molecule has 0 saturated carbocycles. The Morgan fingerprint density at radius 1 is 1.24 bits per heavy atom. The molecule has 0 fully saturated rings. The van der Waals surface area contributed by atoms with Crippen LogP contribution in [0.2, 0.25) is 0 Å². The summed E-state index contributed by atoms with van der Waals surface area (Å²) < 4.78 is 10.9. The molecule has 25 heavy (non-hydrogen) atoms. The van der Waals surface area contributed by atoms with Crippen LogP contribution in [-0.4, -0.2) is 32.2 Å². The second-order valence-electron chi connectivity index (χ2n) is 6.22. The van der Waals surface area contributed by atoms with Crippen molar-refractivity contribution in [1.29, 1.82) is 0 Å². The summed E-state index contributed by atoms with van der Waals surface area (Å²) >= 11 is 0. The fourth-order valence-electron chi connectivity index (χ4n) is 3.08. The standard InChI is InChI=1S/C20H24N2O3/c1-24-14-18(21)20(23)22-11-5-8-16-12-17(9-10-19(16)22)25-13-15-6-3-2-4-7-15/h2-4,6-7,9-10,12,18H,5,8,11,13-14,21H2,1H3. The summed E-state index contributed by atoms with van der Waals surface area (Å²) in [5, 5.41) is 0. The van der Waals surface area contributed by atoms with Crippen molar-refractivity contribution in [2.75, 3.05) is 25.2 Å². The van der Waals surface area contributed by atoms with Crippen molar-refractivity contribution in [3.8, 4) is 5.75 Å². The lowest BCUT2D eigenvalue weighted by atomic mass is 10.0. The molecular weight excluding hydrogens is 316 g/mol. The van der Waals surface area contributed by atoms with Crippen LogP contribution < -0.4 is 15.4 Å². The van der Waals surface area contributed by atoms with E-state index in [1.165, 1.54) is 0 Å². The zero-order valence-electron chi connectivity index (χ0n) is 14.5. The van der Waals surface area contributed by atoms with Crippen LogP contribution >= 0.6 is 0 Å². The van der Waals surface area contributed by atoms with Gasteiger partial charge < -0.3 is 20.1 Å². The second-order valence-corrected chi connectivity index (χ2v) is 6.22. The number of nitrogens with two attached hydrogens (primary N) is 1. The van der Waals surface area contributed by atoms with Gasteiger partial charge in [-0.05, 0) is 42.2 Å². The molecular formula is C20H24N2O3. The van der Waals surface area contributed by atoms with E-state index in [1.807, 2.05) is 48.5 Å². The number of hydrogen-bond acceptors (Lipinski definition) is 4. The van der Waals surface area contributed by atoms with Gasteiger partial charge in [-0.1, -0.05) is 30.3 Å². The zero-order chi connectivity index (χ0) is 17.6.